The molecule has 31 heavy (non-hydrogen) atoms. The fourth-order valence-corrected chi connectivity index (χ4v) is 5.06. The summed E-state index contributed by atoms with van der Waals surface area (Å²) in [7, 11) is 0. The molecular weight excluding hydrogens is 409 g/mol. The molecule has 0 atom stereocenters. The molecule has 0 aliphatic carbocycles. The van der Waals surface area contributed by atoms with Crippen molar-refractivity contribution in [2.45, 2.75) is 33.9 Å². The van der Waals surface area contributed by atoms with Crippen molar-refractivity contribution in [2.24, 2.45) is 4.99 Å². The first-order chi connectivity index (χ1) is 15.0. The van der Waals surface area contributed by atoms with Gasteiger partial charge in [-0.2, -0.15) is 0 Å². The van der Waals surface area contributed by atoms with Crippen LogP contribution in [0.2, 0.25) is 0 Å². The largest absolute Gasteiger partial charge is 0.381 e. The highest BCUT2D eigenvalue weighted by atomic mass is 32.1. The summed E-state index contributed by atoms with van der Waals surface area (Å²) in [6.07, 6.45) is 0. The molecule has 0 bridgehead atoms. The Morgan fingerprint density at radius 3 is 2.48 bits per heavy atom. The van der Waals surface area contributed by atoms with Gasteiger partial charge in [0.1, 0.15) is 23.2 Å². The third kappa shape index (κ3) is 3.55. The van der Waals surface area contributed by atoms with E-state index in [0.717, 1.165) is 44.7 Å². The minimum Gasteiger partial charge on any atom is -0.381 e. The summed E-state index contributed by atoms with van der Waals surface area (Å²) in [6.45, 7) is 7.43. The number of rotatable bonds is 4. The van der Waals surface area contributed by atoms with E-state index in [2.05, 4.69) is 58.2 Å². The first kappa shape index (κ1) is 19.6. The Balaban J connectivity index is 1.45. The Morgan fingerprint density at radius 2 is 1.74 bits per heavy atom. The van der Waals surface area contributed by atoms with Gasteiger partial charge >= 0.3 is 0 Å². The van der Waals surface area contributed by atoms with Gasteiger partial charge in [0.2, 0.25) is 0 Å². The van der Waals surface area contributed by atoms with Crippen LogP contribution in [-0.2, 0) is 13.1 Å². The number of hydrogen-bond acceptors (Lipinski definition) is 5. The number of aromatic nitrogens is 3. The van der Waals surface area contributed by atoms with E-state index in [9.17, 15) is 4.39 Å². The van der Waals surface area contributed by atoms with E-state index in [1.54, 1.807) is 23.5 Å². The molecule has 1 aliphatic rings. The average molecular weight is 432 g/mol. The van der Waals surface area contributed by atoms with Crippen LogP contribution in [0.4, 0.5) is 10.1 Å². The zero-order valence-electron chi connectivity index (χ0n) is 17.6. The second-order valence-corrected chi connectivity index (χ2v) is 8.89. The minimum absolute atomic E-state index is 0.219. The molecule has 3 heterocycles. The Morgan fingerprint density at radius 1 is 1.00 bits per heavy atom. The van der Waals surface area contributed by atoms with Crippen LogP contribution in [0.3, 0.4) is 0 Å². The summed E-state index contributed by atoms with van der Waals surface area (Å²) in [5.74, 6) is 1.53. The molecule has 1 aliphatic heterocycles. The van der Waals surface area contributed by atoms with Crippen LogP contribution in [0, 0.1) is 26.6 Å². The van der Waals surface area contributed by atoms with Gasteiger partial charge in [0.05, 0.1) is 5.71 Å². The molecule has 0 saturated carbocycles. The number of nitrogens with zero attached hydrogens (tertiary/aromatic N) is 4. The third-order valence-corrected chi connectivity index (χ3v) is 6.84. The number of benzene rings is 2. The standard InChI is InChI=1S/C24H22FN5S/c1-14-15(2)31-24-22(14)23(27-13-21-29-28-16(3)30(21)24)18-6-10-20(11-7-18)26-12-17-4-8-19(25)9-5-17/h4-11,26H,12-13H2,1-3H3. The van der Waals surface area contributed by atoms with Crippen LogP contribution < -0.4 is 5.32 Å². The van der Waals surface area contributed by atoms with Crippen molar-refractivity contribution in [2.75, 3.05) is 5.32 Å². The normalized spacial score (nSPS) is 12.7. The van der Waals surface area contributed by atoms with E-state index in [-0.39, 0.29) is 5.82 Å². The molecule has 0 unspecified atom stereocenters. The number of thiophene rings is 1. The highest BCUT2D eigenvalue weighted by Gasteiger charge is 2.26. The number of aliphatic imine (C=N–C) groups is 1. The zero-order valence-corrected chi connectivity index (χ0v) is 18.4. The molecule has 0 amide bonds. The van der Waals surface area contributed by atoms with Gasteiger partial charge in [-0.1, -0.05) is 24.3 Å². The Kier molecular flexibility index (Phi) is 4.90. The molecule has 0 fully saturated rings. The molecule has 5 nitrogen and oxygen atoms in total. The molecular formula is C24H22FN5S. The van der Waals surface area contributed by atoms with Crippen molar-refractivity contribution in [1.29, 1.82) is 0 Å². The third-order valence-electron chi connectivity index (χ3n) is 5.65. The zero-order chi connectivity index (χ0) is 21.5. The molecule has 2 aromatic heterocycles. The average Bonchev–Trinajstić information content (AvgIpc) is 3.22. The molecule has 0 spiro atoms. The van der Waals surface area contributed by atoms with Crippen molar-refractivity contribution >= 4 is 22.7 Å². The van der Waals surface area contributed by atoms with E-state index < -0.39 is 0 Å². The Bertz CT molecular complexity index is 1280. The first-order valence-corrected chi connectivity index (χ1v) is 11.0. The van der Waals surface area contributed by atoms with Crippen LogP contribution in [0.25, 0.3) is 5.00 Å². The molecule has 2 aromatic carbocycles. The maximum absolute atomic E-state index is 13.1. The van der Waals surface area contributed by atoms with Crippen molar-refractivity contribution in [3.63, 3.8) is 0 Å². The number of fused-ring (bicyclic) bond motifs is 3. The molecule has 1 N–H and O–H groups in total. The van der Waals surface area contributed by atoms with Crippen molar-refractivity contribution < 1.29 is 4.39 Å². The van der Waals surface area contributed by atoms with Crippen molar-refractivity contribution in [3.05, 3.63) is 93.1 Å². The second-order valence-electron chi connectivity index (χ2n) is 7.68. The van der Waals surface area contributed by atoms with Crippen molar-refractivity contribution in [1.82, 2.24) is 14.8 Å². The van der Waals surface area contributed by atoms with E-state index in [4.69, 9.17) is 4.99 Å². The lowest BCUT2D eigenvalue weighted by Crippen LogP contribution is -2.07. The SMILES string of the molecule is Cc1sc2c(c1C)C(c1ccc(NCc3ccc(F)cc3)cc1)=NCc1nnc(C)n1-2. The van der Waals surface area contributed by atoms with Gasteiger partial charge in [-0.25, -0.2) is 4.39 Å². The Hall–Kier alpha value is -3.32. The van der Waals surface area contributed by atoms with E-state index >= 15 is 0 Å². The lowest BCUT2D eigenvalue weighted by molar-refractivity contribution is 0.627. The molecule has 0 saturated heterocycles. The monoisotopic (exact) mass is 431 g/mol. The number of hydrogen-bond donors (Lipinski definition) is 1. The number of nitrogens with one attached hydrogen (secondary N) is 1. The number of halogens is 1. The second kappa shape index (κ2) is 7.74. The van der Waals surface area contributed by atoms with Gasteiger partial charge in [-0.05, 0) is 56.2 Å². The predicted octanol–water partition coefficient (Wildman–Crippen LogP) is 5.36. The summed E-state index contributed by atoms with van der Waals surface area (Å²) in [6, 6.07) is 14.9. The van der Waals surface area contributed by atoms with E-state index in [1.807, 2.05) is 6.92 Å². The molecule has 4 aromatic rings. The lowest BCUT2D eigenvalue weighted by atomic mass is 9.99. The first-order valence-electron chi connectivity index (χ1n) is 10.2. The topological polar surface area (TPSA) is 55.1 Å². The van der Waals surface area contributed by atoms with Gasteiger partial charge in [0, 0.05) is 28.2 Å². The van der Waals surface area contributed by atoms with Crippen LogP contribution in [0.5, 0.6) is 0 Å². The predicted molar refractivity (Wildman–Crippen MR) is 123 cm³/mol. The smallest absolute Gasteiger partial charge is 0.160 e. The number of aryl methyl sites for hydroxylation is 2. The quantitative estimate of drug-likeness (QED) is 0.473. The van der Waals surface area contributed by atoms with Gasteiger partial charge in [0.25, 0.3) is 0 Å². The van der Waals surface area contributed by atoms with Crippen LogP contribution >= 0.6 is 11.3 Å². The summed E-state index contributed by atoms with van der Waals surface area (Å²) < 4.78 is 15.2. The Labute approximate surface area is 184 Å². The highest BCUT2D eigenvalue weighted by molar-refractivity contribution is 7.15. The summed E-state index contributed by atoms with van der Waals surface area (Å²) in [5.41, 5.74) is 6.52. The van der Waals surface area contributed by atoms with Crippen LogP contribution in [-0.4, -0.2) is 20.5 Å². The van der Waals surface area contributed by atoms with Crippen molar-refractivity contribution in [3.8, 4) is 5.00 Å². The van der Waals surface area contributed by atoms with E-state index in [0.29, 0.717) is 13.1 Å². The maximum atomic E-state index is 13.1. The fraction of sp³-hybridized carbons (Fsp3) is 0.208. The van der Waals surface area contributed by atoms with Gasteiger partial charge in [-0.15, -0.1) is 21.5 Å². The highest BCUT2D eigenvalue weighted by Crippen LogP contribution is 2.36. The van der Waals surface area contributed by atoms with E-state index in [1.165, 1.54) is 22.6 Å². The fourth-order valence-electron chi connectivity index (χ4n) is 3.83. The summed E-state index contributed by atoms with van der Waals surface area (Å²) in [4.78, 5) is 6.21. The summed E-state index contributed by atoms with van der Waals surface area (Å²) >= 11 is 1.76. The van der Waals surface area contributed by atoms with Gasteiger partial charge in [-0.3, -0.25) is 9.56 Å². The minimum atomic E-state index is -0.219. The van der Waals surface area contributed by atoms with Crippen LogP contribution in [0.1, 0.15) is 38.8 Å². The molecule has 7 heteroatoms. The number of anilines is 1. The lowest BCUT2D eigenvalue weighted by Gasteiger charge is -2.11. The van der Waals surface area contributed by atoms with Gasteiger partial charge in [0.15, 0.2) is 5.82 Å². The molecule has 156 valence electrons. The van der Waals surface area contributed by atoms with Crippen LogP contribution in [0.15, 0.2) is 53.5 Å². The molecule has 0 radical (unpaired) electrons. The molecule has 5 rings (SSSR count). The summed E-state index contributed by atoms with van der Waals surface area (Å²) in [5, 5.41) is 13.1. The maximum Gasteiger partial charge on any atom is 0.160 e. The van der Waals surface area contributed by atoms with Gasteiger partial charge < -0.3 is 5.32 Å².